The average Bonchev–Trinajstić information content (AvgIpc) is 3.00. The van der Waals surface area contributed by atoms with E-state index in [9.17, 15) is 9.59 Å². The predicted octanol–water partition coefficient (Wildman–Crippen LogP) is 1.94. The molecule has 0 spiro atoms. The maximum absolute atomic E-state index is 12.6. The zero-order valence-corrected chi connectivity index (χ0v) is 15.0. The van der Waals surface area contributed by atoms with Gasteiger partial charge in [0.05, 0.1) is 0 Å². The van der Waals surface area contributed by atoms with Crippen LogP contribution in [0, 0.1) is 6.92 Å². The van der Waals surface area contributed by atoms with Gasteiger partial charge in [-0.2, -0.15) is 4.98 Å². The van der Waals surface area contributed by atoms with Crippen LogP contribution in [-0.4, -0.2) is 25.2 Å². The number of fused-ring (bicyclic) bond motifs is 3. The summed E-state index contributed by atoms with van der Waals surface area (Å²) in [4.78, 5) is 31.6. The fraction of sp³-hybridized carbons (Fsp3) is 0.353. The summed E-state index contributed by atoms with van der Waals surface area (Å²) in [6.07, 6.45) is 0.871. The molecule has 0 aliphatic carbocycles. The second kappa shape index (κ2) is 5.49. The first-order valence-corrected chi connectivity index (χ1v) is 8.48. The largest absolute Gasteiger partial charge is 0.332 e. The Balaban J connectivity index is 2.05. The highest BCUT2D eigenvalue weighted by Crippen LogP contribution is 2.35. The SMILES string of the molecule is Cc1c(Cl)cccc1N1CCCn2c1nc1c2c(=O)n(C)c(=O)n1C. The molecule has 0 unspecified atom stereocenters. The van der Waals surface area contributed by atoms with Gasteiger partial charge in [-0.25, -0.2) is 4.79 Å². The fourth-order valence-corrected chi connectivity index (χ4v) is 3.63. The highest BCUT2D eigenvalue weighted by atomic mass is 35.5. The van der Waals surface area contributed by atoms with Crippen LogP contribution in [0.3, 0.4) is 0 Å². The molecule has 2 aromatic heterocycles. The molecule has 4 rings (SSSR count). The summed E-state index contributed by atoms with van der Waals surface area (Å²) in [7, 11) is 3.13. The Hall–Kier alpha value is -2.54. The molecule has 8 heteroatoms. The number of benzene rings is 1. The first-order chi connectivity index (χ1) is 11.9. The Morgan fingerprint density at radius 3 is 2.64 bits per heavy atom. The van der Waals surface area contributed by atoms with Gasteiger partial charge < -0.3 is 9.47 Å². The van der Waals surface area contributed by atoms with Crippen LogP contribution in [0.5, 0.6) is 0 Å². The maximum Gasteiger partial charge on any atom is 0.332 e. The van der Waals surface area contributed by atoms with Gasteiger partial charge in [0.2, 0.25) is 5.95 Å². The van der Waals surface area contributed by atoms with Crippen LogP contribution in [-0.2, 0) is 20.6 Å². The molecule has 0 radical (unpaired) electrons. The Bertz CT molecular complexity index is 1120. The third-order valence-electron chi connectivity index (χ3n) is 4.86. The molecule has 1 aliphatic heterocycles. The summed E-state index contributed by atoms with van der Waals surface area (Å²) in [5, 5.41) is 0.689. The number of hydrogen-bond donors (Lipinski definition) is 0. The van der Waals surface area contributed by atoms with Crippen molar-refractivity contribution in [2.24, 2.45) is 14.1 Å². The van der Waals surface area contributed by atoms with E-state index in [1.807, 2.05) is 29.7 Å². The van der Waals surface area contributed by atoms with Crippen molar-refractivity contribution in [3.05, 3.63) is 49.6 Å². The van der Waals surface area contributed by atoms with Crippen molar-refractivity contribution in [1.82, 2.24) is 18.7 Å². The number of aromatic nitrogens is 4. The summed E-state index contributed by atoms with van der Waals surface area (Å²) in [6, 6.07) is 5.75. The lowest BCUT2D eigenvalue weighted by molar-refractivity contribution is 0.599. The summed E-state index contributed by atoms with van der Waals surface area (Å²) < 4.78 is 4.45. The van der Waals surface area contributed by atoms with Gasteiger partial charge >= 0.3 is 5.69 Å². The zero-order chi connectivity index (χ0) is 17.9. The van der Waals surface area contributed by atoms with Crippen LogP contribution in [0.15, 0.2) is 27.8 Å². The minimum atomic E-state index is -0.376. The van der Waals surface area contributed by atoms with Crippen molar-refractivity contribution in [2.45, 2.75) is 19.9 Å². The number of imidazole rings is 1. The molecule has 3 aromatic rings. The van der Waals surface area contributed by atoms with E-state index in [0.717, 1.165) is 28.8 Å². The van der Waals surface area contributed by atoms with Crippen LogP contribution in [0.2, 0.25) is 5.02 Å². The molecule has 0 fully saturated rings. The number of aryl methyl sites for hydroxylation is 2. The second-order valence-corrected chi connectivity index (χ2v) is 6.74. The van der Waals surface area contributed by atoms with Crippen LogP contribution in [0.25, 0.3) is 11.2 Å². The van der Waals surface area contributed by atoms with Crippen molar-refractivity contribution >= 4 is 34.4 Å². The Kier molecular flexibility index (Phi) is 3.50. The molecule has 0 saturated heterocycles. The van der Waals surface area contributed by atoms with Gasteiger partial charge in [0.1, 0.15) is 0 Å². The Labute approximate surface area is 148 Å². The number of rotatable bonds is 1. The lowest BCUT2D eigenvalue weighted by atomic mass is 10.1. The number of anilines is 2. The zero-order valence-electron chi connectivity index (χ0n) is 14.3. The van der Waals surface area contributed by atoms with E-state index < -0.39 is 0 Å². The summed E-state index contributed by atoms with van der Waals surface area (Å²) in [5.74, 6) is 0.671. The number of halogens is 1. The maximum atomic E-state index is 12.6. The van der Waals surface area contributed by atoms with Crippen LogP contribution in [0.1, 0.15) is 12.0 Å². The topological polar surface area (TPSA) is 65.1 Å². The molecular weight excluding hydrogens is 342 g/mol. The van der Waals surface area contributed by atoms with Gasteiger partial charge in [-0.1, -0.05) is 17.7 Å². The standard InChI is InChI=1S/C17H18ClN5O2/c1-10-11(18)6-4-7-12(10)22-8-5-9-23-13-14(19-16(22)23)20(2)17(25)21(3)15(13)24/h4,6-7H,5,8-9H2,1-3H3. The average molecular weight is 360 g/mol. The van der Waals surface area contributed by atoms with Crippen LogP contribution < -0.4 is 16.1 Å². The molecule has 7 nitrogen and oxygen atoms in total. The molecule has 0 N–H and O–H groups in total. The Morgan fingerprint density at radius 2 is 1.88 bits per heavy atom. The van der Waals surface area contributed by atoms with E-state index in [1.54, 1.807) is 7.05 Å². The summed E-state index contributed by atoms with van der Waals surface area (Å²) in [6.45, 7) is 3.43. The predicted molar refractivity (Wildman–Crippen MR) is 98.0 cm³/mol. The van der Waals surface area contributed by atoms with Gasteiger partial charge in [-0.15, -0.1) is 0 Å². The summed E-state index contributed by atoms with van der Waals surface area (Å²) in [5.41, 5.74) is 2.11. The normalized spacial score (nSPS) is 14.2. The quantitative estimate of drug-likeness (QED) is 0.666. The van der Waals surface area contributed by atoms with Gasteiger partial charge in [-0.3, -0.25) is 13.9 Å². The molecular formula is C17H18ClN5O2. The van der Waals surface area contributed by atoms with E-state index in [-0.39, 0.29) is 11.2 Å². The third kappa shape index (κ3) is 2.15. The van der Waals surface area contributed by atoms with E-state index in [0.29, 0.717) is 28.7 Å². The monoisotopic (exact) mass is 359 g/mol. The number of hydrogen-bond acceptors (Lipinski definition) is 4. The van der Waals surface area contributed by atoms with Crippen molar-refractivity contribution in [3.8, 4) is 0 Å². The molecule has 0 saturated carbocycles. The minimum absolute atomic E-state index is 0.318. The fourth-order valence-electron chi connectivity index (χ4n) is 3.46. The van der Waals surface area contributed by atoms with Crippen molar-refractivity contribution in [1.29, 1.82) is 0 Å². The highest BCUT2D eigenvalue weighted by molar-refractivity contribution is 6.31. The van der Waals surface area contributed by atoms with Gasteiger partial charge in [0.15, 0.2) is 11.2 Å². The number of nitrogens with zero attached hydrogens (tertiary/aromatic N) is 5. The molecule has 3 heterocycles. The van der Waals surface area contributed by atoms with E-state index >= 15 is 0 Å². The smallest absolute Gasteiger partial charge is 0.312 e. The third-order valence-corrected chi connectivity index (χ3v) is 5.27. The Morgan fingerprint density at radius 1 is 1.12 bits per heavy atom. The first kappa shape index (κ1) is 16.0. The lowest BCUT2D eigenvalue weighted by Crippen LogP contribution is -2.38. The van der Waals surface area contributed by atoms with E-state index in [1.165, 1.54) is 11.6 Å². The van der Waals surface area contributed by atoms with Crippen molar-refractivity contribution in [2.75, 3.05) is 11.4 Å². The minimum Gasteiger partial charge on any atom is -0.312 e. The van der Waals surface area contributed by atoms with Gasteiger partial charge in [0, 0.05) is 37.9 Å². The van der Waals surface area contributed by atoms with E-state index in [4.69, 9.17) is 11.6 Å². The lowest BCUT2D eigenvalue weighted by Gasteiger charge is -2.30. The first-order valence-electron chi connectivity index (χ1n) is 8.10. The molecule has 0 bridgehead atoms. The van der Waals surface area contributed by atoms with Crippen molar-refractivity contribution in [3.63, 3.8) is 0 Å². The molecule has 130 valence electrons. The second-order valence-electron chi connectivity index (χ2n) is 6.33. The highest BCUT2D eigenvalue weighted by Gasteiger charge is 2.27. The molecule has 0 amide bonds. The molecule has 0 atom stereocenters. The molecule has 1 aliphatic rings. The van der Waals surface area contributed by atoms with Crippen LogP contribution >= 0.6 is 11.6 Å². The molecule has 25 heavy (non-hydrogen) atoms. The van der Waals surface area contributed by atoms with Crippen LogP contribution in [0.4, 0.5) is 11.6 Å². The summed E-state index contributed by atoms with van der Waals surface area (Å²) >= 11 is 6.28. The van der Waals surface area contributed by atoms with E-state index in [2.05, 4.69) is 9.88 Å². The van der Waals surface area contributed by atoms with Gasteiger partial charge in [-0.05, 0) is 31.0 Å². The van der Waals surface area contributed by atoms with Gasteiger partial charge in [0.25, 0.3) is 5.56 Å². The molecule has 1 aromatic carbocycles. The van der Waals surface area contributed by atoms with Crippen molar-refractivity contribution < 1.29 is 0 Å².